The Labute approximate surface area is 73.7 Å². The Hall–Kier alpha value is -1.07. The van der Waals surface area contributed by atoms with Crippen molar-refractivity contribution in [2.24, 2.45) is 0 Å². The SMILES string of the molecule is CNCc1nc2nccnc2s1. The molecule has 0 aliphatic carbocycles. The van der Waals surface area contributed by atoms with E-state index in [1.54, 1.807) is 23.7 Å². The van der Waals surface area contributed by atoms with Crippen LogP contribution in [0.3, 0.4) is 0 Å². The predicted molar refractivity (Wildman–Crippen MR) is 48.0 cm³/mol. The van der Waals surface area contributed by atoms with E-state index in [4.69, 9.17) is 0 Å². The molecule has 2 aromatic heterocycles. The van der Waals surface area contributed by atoms with Gasteiger partial charge in [0.15, 0.2) is 10.5 Å². The van der Waals surface area contributed by atoms with Gasteiger partial charge in [0, 0.05) is 18.9 Å². The van der Waals surface area contributed by atoms with E-state index in [0.717, 1.165) is 22.0 Å². The molecular weight excluding hydrogens is 172 g/mol. The summed E-state index contributed by atoms with van der Waals surface area (Å²) in [6.45, 7) is 0.780. The molecule has 0 unspecified atom stereocenters. The van der Waals surface area contributed by atoms with E-state index in [9.17, 15) is 0 Å². The second-order valence-corrected chi connectivity index (χ2v) is 3.39. The van der Waals surface area contributed by atoms with Gasteiger partial charge in [0.1, 0.15) is 5.01 Å². The van der Waals surface area contributed by atoms with Gasteiger partial charge in [0.2, 0.25) is 0 Å². The number of nitrogens with one attached hydrogen (secondary N) is 1. The molecule has 2 heterocycles. The van der Waals surface area contributed by atoms with Crippen molar-refractivity contribution in [3.8, 4) is 0 Å². The van der Waals surface area contributed by atoms with Crippen molar-refractivity contribution in [1.82, 2.24) is 20.3 Å². The van der Waals surface area contributed by atoms with Crippen LogP contribution in [0.1, 0.15) is 5.01 Å². The Balaban J connectivity index is 2.47. The first kappa shape index (κ1) is 7.57. The van der Waals surface area contributed by atoms with E-state index in [1.807, 2.05) is 7.05 Å². The molecule has 0 aromatic carbocycles. The zero-order valence-corrected chi connectivity index (χ0v) is 7.43. The summed E-state index contributed by atoms with van der Waals surface area (Å²) in [6, 6.07) is 0. The molecule has 12 heavy (non-hydrogen) atoms. The van der Waals surface area contributed by atoms with Gasteiger partial charge in [-0.2, -0.15) is 0 Å². The van der Waals surface area contributed by atoms with Crippen LogP contribution < -0.4 is 5.32 Å². The molecule has 62 valence electrons. The summed E-state index contributed by atoms with van der Waals surface area (Å²) in [5, 5.41) is 4.06. The molecule has 0 atom stereocenters. The fraction of sp³-hybridized carbons (Fsp3) is 0.286. The van der Waals surface area contributed by atoms with Crippen LogP contribution in [0, 0.1) is 0 Å². The molecule has 0 amide bonds. The molecule has 0 aliphatic rings. The first-order valence-corrected chi connectivity index (χ1v) is 4.43. The molecule has 2 rings (SSSR count). The van der Waals surface area contributed by atoms with Crippen LogP contribution in [-0.4, -0.2) is 22.0 Å². The average molecular weight is 180 g/mol. The lowest BCUT2D eigenvalue weighted by Gasteiger charge is -1.87. The largest absolute Gasteiger partial charge is 0.314 e. The quantitative estimate of drug-likeness (QED) is 0.743. The fourth-order valence-corrected chi connectivity index (χ4v) is 1.82. The van der Waals surface area contributed by atoms with Gasteiger partial charge in [-0.05, 0) is 7.05 Å². The predicted octanol–water partition coefficient (Wildman–Crippen LogP) is 0.806. The summed E-state index contributed by atoms with van der Waals surface area (Å²) < 4.78 is 0. The highest BCUT2D eigenvalue weighted by Gasteiger charge is 2.02. The Bertz CT molecular complexity index is 351. The Kier molecular flexibility index (Phi) is 1.97. The molecule has 0 spiro atoms. The molecule has 0 fully saturated rings. The summed E-state index contributed by atoms with van der Waals surface area (Å²) in [4.78, 5) is 13.4. The van der Waals surface area contributed by atoms with Gasteiger partial charge in [-0.25, -0.2) is 15.0 Å². The third kappa shape index (κ3) is 1.28. The summed E-state index contributed by atoms with van der Waals surface area (Å²) in [5.74, 6) is 0. The minimum absolute atomic E-state index is 0.743. The Morgan fingerprint density at radius 1 is 1.42 bits per heavy atom. The minimum Gasteiger partial charge on any atom is -0.314 e. The van der Waals surface area contributed by atoms with Crippen LogP contribution >= 0.6 is 11.3 Å². The number of aromatic nitrogens is 3. The highest BCUT2D eigenvalue weighted by Crippen LogP contribution is 2.16. The van der Waals surface area contributed by atoms with Crippen LogP contribution in [0.2, 0.25) is 0 Å². The zero-order valence-electron chi connectivity index (χ0n) is 6.61. The lowest BCUT2D eigenvalue weighted by Crippen LogP contribution is -2.03. The molecule has 0 saturated heterocycles. The van der Waals surface area contributed by atoms with E-state index in [2.05, 4.69) is 20.3 Å². The maximum absolute atomic E-state index is 4.28. The van der Waals surface area contributed by atoms with Crippen LogP contribution in [0.25, 0.3) is 10.5 Å². The van der Waals surface area contributed by atoms with Crippen molar-refractivity contribution < 1.29 is 0 Å². The summed E-state index contributed by atoms with van der Waals surface area (Å²) in [5.41, 5.74) is 0.743. The second-order valence-electron chi connectivity index (χ2n) is 2.32. The molecule has 0 radical (unpaired) electrons. The van der Waals surface area contributed by atoms with E-state index in [0.29, 0.717) is 0 Å². The Morgan fingerprint density at radius 2 is 2.25 bits per heavy atom. The first-order valence-electron chi connectivity index (χ1n) is 3.61. The van der Waals surface area contributed by atoms with Gasteiger partial charge in [0.05, 0.1) is 0 Å². The molecule has 0 aliphatic heterocycles. The van der Waals surface area contributed by atoms with Crippen LogP contribution in [0.15, 0.2) is 12.4 Å². The van der Waals surface area contributed by atoms with E-state index in [-0.39, 0.29) is 0 Å². The monoisotopic (exact) mass is 180 g/mol. The van der Waals surface area contributed by atoms with Crippen molar-refractivity contribution in [3.05, 3.63) is 17.4 Å². The van der Waals surface area contributed by atoms with E-state index in [1.165, 1.54) is 0 Å². The van der Waals surface area contributed by atoms with Crippen LogP contribution in [0.5, 0.6) is 0 Å². The summed E-state index contributed by atoms with van der Waals surface area (Å²) in [7, 11) is 1.90. The van der Waals surface area contributed by atoms with E-state index < -0.39 is 0 Å². The van der Waals surface area contributed by atoms with Gasteiger partial charge in [-0.1, -0.05) is 11.3 Å². The third-order valence-corrected chi connectivity index (χ3v) is 2.37. The molecule has 2 aromatic rings. The maximum atomic E-state index is 4.28. The highest BCUT2D eigenvalue weighted by atomic mass is 32.1. The Morgan fingerprint density at radius 3 is 3.00 bits per heavy atom. The average Bonchev–Trinajstić information content (AvgIpc) is 2.47. The van der Waals surface area contributed by atoms with Crippen LogP contribution in [-0.2, 0) is 6.54 Å². The standard InChI is InChI=1S/C7H8N4S/c1-8-4-5-11-6-7(12-5)10-3-2-9-6/h2-3,8H,4H2,1H3. The number of rotatable bonds is 2. The molecule has 4 nitrogen and oxygen atoms in total. The second kappa shape index (κ2) is 3.12. The van der Waals surface area contributed by atoms with Gasteiger partial charge in [-0.15, -0.1) is 0 Å². The minimum atomic E-state index is 0.743. The van der Waals surface area contributed by atoms with Crippen molar-refractivity contribution in [1.29, 1.82) is 0 Å². The maximum Gasteiger partial charge on any atom is 0.189 e. The smallest absolute Gasteiger partial charge is 0.189 e. The van der Waals surface area contributed by atoms with Crippen molar-refractivity contribution in [2.75, 3.05) is 7.05 Å². The van der Waals surface area contributed by atoms with Crippen molar-refractivity contribution >= 4 is 21.8 Å². The fourth-order valence-electron chi connectivity index (χ4n) is 0.946. The number of hydrogen-bond donors (Lipinski definition) is 1. The number of hydrogen-bond acceptors (Lipinski definition) is 5. The molecule has 1 N–H and O–H groups in total. The topological polar surface area (TPSA) is 50.7 Å². The van der Waals surface area contributed by atoms with Crippen molar-refractivity contribution in [2.45, 2.75) is 6.54 Å². The molecule has 0 saturated carbocycles. The zero-order chi connectivity index (χ0) is 8.39. The summed E-state index contributed by atoms with van der Waals surface area (Å²) >= 11 is 1.57. The lowest BCUT2D eigenvalue weighted by atomic mass is 10.6. The normalized spacial score (nSPS) is 10.8. The molecule has 5 heteroatoms. The van der Waals surface area contributed by atoms with E-state index >= 15 is 0 Å². The van der Waals surface area contributed by atoms with Gasteiger partial charge in [0.25, 0.3) is 0 Å². The van der Waals surface area contributed by atoms with Crippen LogP contribution in [0.4, 0.5) is 0 Å². The number of thiazole rings is 1. The van der Waals surface area contributed by atoms with Gasteiger partial charge >= 0.3 is 0 Å². The van der Waals surface area contributed by atoms with Gasteiger partial charge < -0.3 is 5.32 Å². The van der Waals surface area contributed by atoms with Gasteiger partial charge in [-0.3, -0.25) is 0 Å². The molecule has 0 bridgehead atoms. The highest BCUT2D eigenvalue weighted by molar-refractivity contribution is 7.18. The number of fused-ring (bicyclic) bond motifs is 1. The van der Waals surface area contributed by atoms with Crippen molar-refractivity contribution in [3.63, 3.8) is 0 Å². The number of nitrogens with zero attached hydrogens (tertiary/aromatic N) is 3. The lowest BCUT2D eigenvalue weighted by molar-refractivity contribution is 0.811. The summed E-state index contributed by atoms with van der Waals surface area (Å²) in [6.07, 6.45) is 3.34. The first-order chi connectivity index (χ1) is 5.90. The molecular formula is C7H8N4S. The third-order valence-electron chi connectivity index (χ3n) is 1.42.